The standard InChI is InChI=1S/C16H24N2O.ClH/c1-10-6-5-7-15(11(10)2)13(4)18-16(19)12(3)14-8-17-9-14;/h5-7,12-14,17H,8-9H2,1-4H3,(H,18,19);1H. The highest BCUT2D eigenvalue weighted by atomic mass is 35.5. The largest absolute Gasteiger partial charge is 0.349 e. The van der Waals surface area contributed by atoms with E-state index in [9.17, 15) is 4.79 Å². The van der Waals surface area contributed by atoms with E-state index in [1.54, 1.807) is 0 Å². The Morgan fingerprint density at radius 3 is 2.50 bits per heavy atom. The quantitative estimate of drug-likeness (QED) is 0.897. The summed E-state index contributed by atoms with van der Waals surface area (Å²) < 4.78 is 0. The Labute approximate surface area is 127 Å². The highest BCUT2D eigenvalue weighted by Crippen LogP contribution is 2.22. The van der Waals surface area contributed by atoms with Gasteiger partial charge < -0.3 is 10.6 Å². The predicted molar refractivity (Wildman–Crippen MR) is 85.2 cm³/mol. The molecule has 2 rings (SSSR count). The van der Waals surface area contributed by atoms with Crippen LogP contribution in [-0.4, -0.2) is 19.0 Å². The van der Waals surface area contributed by atoms with Crippen molar-refractivity contribution < 1.29 is 4.79 Å². The van der Waals surface area contributed by atoms with Crippen LogP contribution in [0.1, 0.15) is 36.6 Å². The number of hydrogen-bond donors (Lipinski definition) is 2. The van der Waals surface area contributed by atoms with Gasteiger partial charge in [-0.25, -0.2) is 0 Å². The third-order valence-electron chi connectivity index (χ3n) is 4.41. The van der Waals surface area contributed by atoms with Gasteiger partial charge in [-0.05, 0) is 56.5 Å². The lowest BCUT2D eigenvalue weighted by atomic mass is 9.88. The van der Waals surface area contributed by atoms with Crippen LogP contribution in [0.15, 0.2) is 18.2 Å². The number of rotatable bonds is 4. The minimum absolute atomic E-state index is 0. The second-order valence-electron chi connectivity index (χ2n) is 5.73. The maximum Gasteiger partial charge on any atom is 0.223 e. The molecule has 2 atom stereocenters. The van der Waals surface area contributed by atoms with Crippen molar-refractivity contribution in [3.63, 3.8) is 0 Å². The molecule has 3 nitrogen and oxygen atoms in total. The Bertz CT molecular complexity index is 472. The molecule has 112 valence electrons. The van der Waals surface area contributed by atoms with E-state index in [0.29, 0.717) is 5.92 Å². The molecule has 1 aliphatic heterocycles. The molecular formula is C16H25ClN2O. The normalized spacial score (nSPS) is 17.6. The van der Waals surface area contributed by atoms with Crippen LogP contribution in [0.5, 0.6) is 0 Å². The van der Waals surface area contributed by atoms with Gasteiger partial charge in [0.05, 0.1) is 6.04 Å². The fraction of sp³-hybridized carbons (Fsp3) is 0.562. The van der Waals surface area contributed by atoms with Gasteiger partial charge in [0.25, 0.3) is 0 Å². The molecule has 0 saturated carbocycles. The zero-order valence-electron chi connectivity index (χ0n) is 12.7. The molecule has 2 unspecified atom stereocenters. The number of amides is 1. The third kappa shape index (κ3) is 3.53. The number of carbonyl (C=O) groups excluding carboxylic acids is 1. The Hall–Kier alpha value is -1.06. The van der Waals surface area contributed by atoms with Crippen LogP contribution in [0.25, 0.3) is 0 Å². The first-order valence-corrected chi connectivity index (χ1v) is 7.08. The van der Waals surface area contributed by atoms with E-state index < -0.39 is 0 Å². The molecule has 1 aliphatic rings. The molecule has 1 heterocycles. The van der Waals surface area contributed by atoms with Gasteiger partial charge in [-0.15, -0.1) is 12.4 Å². The van der Waals surface area contributed by atoms with Crippen LogP contribution in [0.4, 0.5) is 0 Å². The molecule has 20 heavy (non-hydrogen) atoms. The molecule has 1 saturated heterocycles. The number of aryl methyl sites for hydroxylation is 1. The maximum atomic E-state index is 12.2. The topological polar surface area (TPSA) is 41.1 Å². The molecule has 0 bridgehead atoms. The third-order valence-corrected chi connectivity index (χ3v) is 4.41. The molecular weight excluding hydrogens is 272 g/mol. The lowest BCUT2D eigenvalue weighted by Crippen LogP contribution is -2.49. The summed E-state index contributed by atoms with van der Waals surface area (Å²) in [6.07, 6.45) is 0. The van der Waals surface area contributed by atoms with Crippen LogP contribution >= 0.6 is 12.4 Å². The van der Waals surface area contributed by atoms with E-state index in [4.69, 9.17) is 0 Å². The van der Waals surface area contributed by atoms with Crippen molar-refractivity contribution in [2.45, 2.75) is 33.7 Å². The molecule has 4 heteroatoms. The second kappa shape index (κ2) is 7.09. The van der Waals surface area contributed by atoms with Crippen molar-refractivity contribution in [3.05, 3.63) is 34.9 Å². The van der Waals surface area contributed by atoms with E-state index in [1.165, 1.54) is 16.7 Å². The van der Waals surface area contributed by atoms with Gasteiger partial charge in [0.2, 0.25) is 5.91 Å². The average molecular weight is 297 g/mol. The van der Waals surface area contributed by atoms with Gasteiger partial charge in [-0.2, -0.15) is 0 Å². The fourth-order valence-electron chi connectivity index (χ4n) is 2.54. The molecule has 1 fully saturated rings. The van der Waals surface area contributed by atoms with E-state index in [0.717, 1.165) is 13.1 Å². The molecule has 0 aromatic heterocycles. The average Bonchev–Trinajstić information content (AvgIpc) is 2.30. The van der Waals surface area contributed by atoms with E-state index in [2.05, 4.69) is 49.6 Å². The minimum Gasteiger partial charge on any atom is -0.349 e. The zero-order chi connectivity index (χ0) is 14.0. The molecule has 0 aliphatic carbocycles. The van der Waals surface area contributed by atoms with Gasteiger partial charge in [-0.1, -0.05) is 25.1 Å². The fourth-order valence-corrected chi connectivity index (χ4v) is 2.54. The van der Waals surface area contributed by atoms with E-state index >= 15 is 0 Å². The lowest BCUT2D eigenvalue weighted by Gasteiger charge is -2.32. The summed E-state index contributed by atoms with van der Waals surface area (Å²) in [5, 5.41) is 6.36. The van der Waals surface area contributed by atoms with Gasteiger partial charge in [-0.3, -0.25) is 4.79 Å². The summed E-state index contributed by atoms with van der Waals surface area (Å²) in [7, 11) is 0. The monoisotopic (exact) mass is 296 g/mol. The van der Waals surface area contributed by atoms with Gasteiger partial charge in [0, 0.05) is 5.92 Å². The first-order chi connectivity index (χ1) is 9.00. The van der Waals surface area contributed by atoms with Crippen molar-refractivity contribution in [2.75, 3.05) is 13.1 Å². The summed E-state index contributed by atoms with van der Waals surface area (Å²) in [6.45, 7) is 10.2. The molecule has 1 aromatic carbocycles. The summed E-state index contributed by atoms with van der Waals surface area (Å²) in [5.41, 5.74) is 3.76. The molecule has 1 amide bonds. The van der Waals surface area contributed by atoms with E-state index in [-0.39, 0.29) is 30.3 Å². The first-order valence-electron chi connectivity index (χ1n) is 7.08. The van der Waals surface area contributed by atoms with Crippen LogP contribution in [-0.2, 0) is 4.79 Å². The Morgan fingerprint density at radius 1 is 1.30 bits per heavy atom. The number of halogens is 1. The van der Waals surface area contributed by atoms with Crippen LogP contribution in [0, 0.1) is 25.7 Å². The van der Waals surface area contributed by atoms with Crippen LogP contribution in [0.2, 0.25) is 0 Å². The molecule has 0 radical (unpaired) electrons. The van der Waals surface area contributed by atoms with E-state index in [1.807, 2.05) is 6.92 Å². The first kappa shape index (κ1) is 17.0. The molecule has 2 N–H and O–H groups in total. The summed E-state index contributed by atoms with van der Waals surface area (Å²) >= 11 is 0. The van der Waals surface area contributed by atoms with Crippen molar-refractivity contribution in [2.24, 2.45) is 11.8 Å². The number of nitrogens with one attached hydrogen (secondary N) is 2. The Kier molecular flexibility index (Phi) is 6.03. The Morgan fingerprint density at radius 2 is 1.95 bits per heavy atom. The van der Waals surface area contributed by atoms with Gasteiger partial charge >= 0.3 is 0 Å². The van der Waals surface area contributed by atoms with Crippen LogP contribution < -0.4 is 10.6 Å². The smallest absolute Gasteiger partial charge is 0.223 e. The molecule has 1 aromatic rings. The number of carbonyl (C=O) groups is 1. The SMILES string of the molecule is Cc1cccc(C(C)NC(=O)C(C)C2CNC2)c1C.Cl. The maximum absolute atomic E-state index is 12.2. The highest BCUT2D eigenvalue weighted by Gasteiger charge is 2.29. The second-order valence-corrected chi connectivity index (χ2v) is 5.73. The summed E-state index contributed by atoms with van der Waals surface area (Å²) in [6, 6.07) is 6.33. The predicted octanol–water partition coefficient (Wildman–Crippen LogP) is 2.76. The number of benzene rings is 1. The summed E-state index contributed by atoms with van der Waals surface area (Å²) in [4.78, 5) is 12.2. The van der Waals surface area contributed by atoms with Crippen molar-refractivity contribution in [1.82, 2.24) is 10.6 Å². The zero-order valence-corrected chi connectivity index (χ0v) is 13.5. The summed E-state index contributed by atoms with van der Waals surface area (Å²) in [5.74, 6) is 0.750. The van der Waals surface area contributed by atoms with Crippen molar-refractivity contribution in [1.29, 1.82) is 0 Å². The van der Waals surface area contributed by atoms with Crippen molar-refractivity contribution in [3.8, 4) is 0 Å². The molecule has 0 spiro atoms. The highest BCUT2D eigenvalue weighted by molar-refractivity contribution is 5.85. The lowest BCUT2D eigenvalue weighted by molar-refractivity contribution is -0.127. The van der Waals surface area contributed by atoms with Crippen molar-refractivity contribution >= 4 is 18.3 Å². The van der Waals surface area contributed by atoms with Crippen LogP contribution in [0.3, 0.4) is 0 Å². The van der Waals surface area contributed by atoms with Gasteiger partial charge in [0.1, 0.15) is 0 Å². The number of hydrogen-bond acceptors (Lipinski definition) is 2. The minimum atomic E-state index is 0. The Balaban J connectivity index is 0.00000200. The van der Waals surface area contributed by atoms with Gasteiger partial charge in [0.15, 0.2) is 0 Å².